The van der Waals surface area contributed by atoms with Gasteiger partial charge < -0.3 is 4.90 Å². The number of likely N-dealkylation sites (N-methyl/N-ethyl adjacent to an activating group) is 1. The minimum absolute atomic E-state index is 0.0659. The van der Waals surface area contributed by atoms with Gasteiger partial charge in [-0.25, -0.2) is 0 Å². The molecule has 2 aromatic carbocycles. The smallest absolute Gasteiger partial charge is 0.244 e. The van der Waals surface area contributed by atoms with Gasteiger partial charge in [0.15, 0.2) is 0 Å². The summed E-state index contributed by atoms with van der Waals surface area (Å²) in [5.74, 6) is -0.0659. The van der Waals surface area contributed by atoms with Gasteiger partial charge in [0.05, 0.1) is 11.7 Å². The van der Waals surface area contributed by atoms with Gasteiger partial charge in [-0.15, -0.1) is 0 Å². The van der Waals surface area contributed by atoms with E-state index in [1.807, 2.05) is 31.2 Å². The van der Waals surface area contributed by atoms with E-state index < -0.39 is 0 Å². The molecule has 0 atom stereocenters. The van der Waals surface area contributed by atoms with Crippen molar-refractivity contribution in [2.45, 2.75) is 20.0 Å². The number of benzene rings is 2. The Bertz CT molecular complexity index is 968. The monoisotopic (exact) mass is 355 g/mol. The van der Waals surface area contributed by atoms with Gasteiger partial charge in [0.1, 0.15) is 6.54 Å². The van der Waals surface area contributed by atoms with Gasteiger partial charge >= 0.3 is 0 Å². The van der Waals surface area contributed by atoms with Crippen LogP contribution in [0.4, 0.5) is 0 Å². The van der Waals surface area contributed by atoms with Crippen LogP contribution < -0.4 is 5.43 Å². The average Bonchev–Trinajstić information content (AvgIpc) is 2.62. The second-order valence-electron chi connectivity index (χ2n) is 5.72. The number of halogens is 1. The van der Waals surface area contributed by atoms with Crippen molar-refractivity contribution in [3.05, 3.63) is 75.5 Å². The summed E-state index contributed by atoms with van der Waals surface area (Å²) in [5, 5.41) is 5.33. The number of carbonyl (C=O) groups excluding carboxylic acids is 1. The highest BCUT2D eigenvalue weighted by Crippen LogP contribution is 2.14. The number of fused-ring (bicyclic) bond motifs is 1. The molecule has 0 fully saturated rings. The normalized spacial score (nSPS) is 10.8. The average molecular weight is 356 g/mol. The first-order valence-electron chi connectivity index (χ1n) is 8.05. The highest BCUT2D eigenvalue weighted by Gasteiger charge is 2.15. The van der Waals surface area contributed by atoms with Crippen LogP contribution in [0.25, 0.3) is 10.9 Å². The number of nitrogens with zero attached hydrogens (tertiary/aromatic N) is 3. The molecule has 1 aromatic heterocycles. The predicted octanol–water partition coefficient (Wildman–Crippen LogP) is 3.10. The molecule has 1 heterocycles. The van der Waals surface area contributed by atoms with Gasteiger partial charge in [-0.3, -0.25) is 14.3 Å². The van der Waals surface area contributed by atoms with E-state index in [-0.39, 0.29) is 17.9 Å². The molecule has 5 nitrogen and oxygen atoms in total. The fraction of sp³-hybridized carbons (Fsp3) is 0.211. The zero-order valence-corrected chi connectivity index (χ0v) is 14.6. The van der Waals surface area contributed by atoms with Crippen LogP contribution >= 0.6 is 11.6 Å². The second kappa shape index (κ2) is 7.49. The van der Waals surface area contributed by atoms with Crippen LogP contribution in [0.15, 0.2) is 59.5 Å². The summed E-state index contributed by atoms with van der Waals surface area (Å²) in [7, 11) is 0. The Kier molecular flexibility index (Phi) is 5.14. The molecule has 0 aliphatic heterocycles. The minimum atomic E-state index is -0.148. The maximum Gasteiger partial charge on any atom is 0.244 e. The number of para-hydroxylation sites is 1. The first-order chi connectivity index (χ1) is 12.1. The minimum Gasteiger partial charge on any atom is -0.337 e. The molecule has 0 saturated carbocycles. The summed E-state index contributed by atoms with van der Waals surface area (Å²) in [6, 6.07) is 14.6. The molecule has 0 aliphatic carbocycles. The van der Waals surface area contributed by atoms with E-state index in [0.717, 1.165) is 5.56 Å². The van der Waals surface area contributed by atoms with Crippen LogP contribution in [0.1, 0.15) is 12.5 Å². The largest absolute Gasteiger partial charge is 0.337 e. The van der Waals surface area contributed by atoms with Gasteiger partial charge in [-0.1, -0.05) is 35.9 Å². The van der Waals surface area contributed by atoms with E-state index in [2.05, 4.69) is 5.10 Å². The summed E-state index contributed by atoms with van der Waals surface area (Å²) >= 11 is 6.01. The Morgan fingerprint density at radius 2 is 2.00 bits per heavy atom. The van der Waals surface area contributed by atoms with Crippen molar-refractivity contribution in [1.29, 1.82) is 0 Å². The molecule has 0 aliphatic rings. The molecule has 0 bridgehead atoms. The summed E-state index contributed by atoms with van der Waals surface area (Å²) in [6.07, 6.45) is 1.25. The van der Waals surface area contributed by atoms with Crippen molar-refractivity contribution in [3.63, 3.8) is 0 Å². The van der Waals surface area contributed by atoms with Crippen molar-refractivity contribution in [1.82, 2.24) is 14.7 Å². The Morgan fingerprint density at radius 3 is 2.76 bits per heavy atom. The molecule has 128 valence electrons. The third kappa shape index (κ3) is 3.88. The lowest BCUT2D eigenvalue weighted by molar-refractivity contribution is -0.132. The fourth-order valence-corrected chi connectivity index (χ4v) is 2.96. The molecular formula is C19H18ClN3O2. The van der Waals surface area contributed by atoms with Crippen LogP contribution in [0, 0.1) is 0 Å². The number of hydrogen-bond acceptors (Lipinski definition) is 3. The maximum absolute atomic E-state index is 12.7. The van der Waals surface area contributed by atoms with E-state index in [0.29, 0.717) is 29.0 Å². The van der Waals surface area contributed by atoms with Crippen LogP contribution in [0.5, 0.6) is 0 Å². The Balaban J connectivity index is 1.83. The molecule has 0 radical (unpaired) electrons. The first kappa shape index (κ1) is 17.2. The zero-order chi connectivity index (χ0) is 17.8. The lowest BCUT2D eigenvalue weighted by atomic mass is 10.2. The third-order valence-corrected chi connectivity index (χ3v) is 4.28. The molecule has 6 heteroatoms. The highest BCUT2D eigenvalue weighted by molar-refractivity contribution is 6.30. The summed E-state index contributed by atoms with van der Waals surface area (Å²) in [4.78, 5) is 26.3. The molecular weight excluding hydrogens is 338 g/mol. The van der Waals surface area contributed by atoms with Crippen molar-refractivity contribution >= 4 is 28.4 Å². The molecule has 3 rings (SSSR count). The Morgan fingerprint density at radius 1 is 1.20 bits per heavy atom. The van der Waals surface area contributed by atoms with Crippen molar-refractivity contribution in [2.24, 2.45) is 0 Å². The Labute approximate surface area is 150 Å². The standard InChI is InChI=1S/C19H18ClN3O2/c1-2-22(12-14-6-5-7-15(20)10-14)19(25)13-23-17-9-4-3-8-16(17)18(24)11-21-23/h3-11H,2,12-13H2,1H3. The van der Waals surface area contributed by atoms with Gasteiger partial charge in [-0.2, -0.15) is 5.10 Å². The van der Waals surface area contributed by atoms with E-state index in [1.54, 1.807) is 33.8 Å². The lowest BCUT2D eigenvalue weighted by Gasteiger charge is -2.22. The topological polar surface area (TPSA) is 55.2 Å². The second-order valence-corrected chi connectivity index (χ2v) is 6.16. The highest BCUT2D eigenvalue weighted by atomic mass is 35.5. The number of aromatic nitrogens is 2. The zero-order valence-electron chi connectivity index (χ0n) is 13.9. The molecule has 3 aromatic rings. The molecule has 0 saturated heterocycles. The summed E-state index contributed by atoms with van der Waals surface area (Å²) in [5.41, 5.74) is 1.48. The van der Waals surface area contributed by atoms with Gasteiger partial charge in [0, 0.05) is 23.5 Å². The van der Waals surface area contributed by atoms with Gasteiger partial charge in [-0.05, 0) is 36.8 Å². The van der Waals surface area contributed by atoms with Gasteiger partial charge in [0.2, 0.25) is 11.3 Å². The first-order valence-corrected chi connectivity index (χ1v) is 8.43. The fourth-order valence-electron chi connectivity index (χ4n) is 2.75. The van der Waals surface area contributed by atoms with Crippen LogP contribution in [0.3, 0.4) is 0 Å². The number of rotatable bonds is 5. The van der Waals surface area contributed by atoms with Crippen molar-refractivity contribution in [2.75, 3.05) is 6.54 Å². The van der Waals surface area contributed by atoms with E-state index in [4.69, 9.17) is 11.6 Å². The van der Waals surface area contributed by atoms with Crippen molar-refractivity contribution < 1.29 is 4.79 Å². The van der Waals surface area contributed by atoms with Gasteiger partial charge in [0.25, 0.3) is 0 Å². The van der Waals surface area contributed by atoms with Crippen molar-refractivity contribution in [3.8, 4) is 0 Å². The molecule has 0 N–H and O–H groups in total. The number of carbonyl (C=O) groups is 1. The summed E-state index contributed by atoms with van der Waals surface area (Å²) in [6.45, 7) is 3.06. The van der Waals surface area contributed by atoms with E-state index >= 15 is 0 Å². The van der Waals surface area contributed by atoms with Crippen LogP contribution in [-0.2, 0) is 17.9 Å². The van der Waals surface area contributed by atoms with E-state index in [1.165, 1.54) is 6.20 Å². The SMILES string of the molecule is CCN(Cc1cccc(Cl)c1)C(=O)Cn1ncc(=O)c2ccccc21. The summed E-state index contributed by atoms with van der Waals surface area (Å²) < 4.78 is 1.57. The lowest BCUT2D eigenvalue weighted by Crippen LogP contribution is -2.34. The quantitative estimate of drug-likeness (QED) is 0.706. The molecule has 0 unspecified atom stereocenters. The molecule has 0 spiro atoms. The molecule has 25 heavy (non-hydrogen) atoms. The third-order valence-electron chi connectivity index (χ3n) is 4.04. The number of amides is 1. The number of hydrogen-bond donors (Lipinski definition) is 0. The van der Waals surface area contributed by atoms with Crippen LogP contribution in [0.2, 0.25) is 5.02 Å². The Hall–Kier alpha value is -2.66. The van der Waals surface area contributed by atoms with Crippen LogP contribution in [-0.4, -0.2) is 27.1 Å². The molecule has 1 amide bonds. The maximum atomic E-state index is 12.7. The predicted molar refractivity (Wildman–Crippen MR) is 98.5 cm³/mol. The van der Waals surface area contributed by atoms with E-state index in [9.17, 15) is 9.59 Å².